The molecular formula is C18H15FN4O4. The zero-order valence-corrected chi connectivity index (χ0v) is 14.5. The number of nitrogens with zero attached hydrogens (tertiary/aromatic N) is 3. The molecule has 8 nitrogen and oxygen atoms in total. The highest BCUT2D eigenvalue weighted by Crippen LogP contribution is 2.23. The van der Waals surface area contributed by atoms with Crippen molar-refractivity contribution >= 4 is 28.1 Å². The molecule has 0 bridgehead atoms. The van der Waals surface area contributed by atoms with Crippen LogP contribution < -0.4 is 10.9 Å². The number of benzene rings is 2. The van der Waals surface area contributed by atoms with Gasteiger partial charge in [-0.3, -0.25) is 19.7 Å². The highest BCUT2D eigenvalue weighted by molar-refractivity contribution is 6.11. The minimum absolute atomic E-state index is 0.00845. The molecule has 3 rings (SSSR count). The number of carbonyl (C=O) groups excluding carboxylic acids is 1. The van der Waals surface area contributed by atoms with Gasteiger partial charge in [-0.2, -0.15) is 9.49 Å². The van der Waals surface area contributed by atoms with Crippen molar-refractivity contribution in [2.45, 2.75) is 19.9 Å². The Balaban J connectivity index is 2.09. The molecule has 0 aliphatic carbocycles. The molecule has 3 aromatic rings. The lowest BCUT2D eigenvalue weighted by Crippen LogP contribution is -2.28. The lowest BCUT2D eigenvalue weighted by Gasteiger charge is -2.13. The Bertz CT molecular complexity index is 1120. The zero-order chi connectivity index (χ0) is 19.7. The highest BCUT2D eigenvalue weighted by Gasteiger charge is 2.20. The van der Waals surface area contributed by atoms with E-state index in [2.05, 4.69) is 10.4 Å². The molecule has 0 aliphatic rings. The van der Waals surface area contributed by atoms with Gasteiger partial charge >= 0.3 is 5.69 Å². The fraction of sp³-hybridized carbons (Fsp3) is 0.167. The van der Waals surface area contributed by atoms with Crippen molar-refractivity contribution < 1.29 is 14.1 Å². The molecule has 0 spiro atoms. The standard InChI is InChI=1S/C18H15FN4O4/c1-10(2)22-18(25)13-6-4-3-5-12(13)16(21-22)17(24)20-11-7-8-14(19)15(9-11)23(26)27/h3-10H,1-2H3,(H,20,24). The van der Waals surface area contributed by atoms with Gasteiger partial charge in [0.1, 0.15) is 0 Å². The number of halogens is 1. The molecule has 1 N–H and O–H groups in total. The fourth-order valence-electron chi connectivity index (χ4n) is 2.64. The summed E-state index contributed by atoms with van der Waals surface area (Å²) >= 11 is 0. The van der Waals surface area contributed by atoms with E-state index >= 15 is 0 Å². The first-order valence-corrected chi connectivity index (χ1v) is 8.06. The lowest BCUT2D eigenvalue weighted by atomic mass is 10.1. The summed E-state index contributed by atoms with van der Waals surface area (Å²) in [6, 6.07) is 9.29. The van der Waals surface area contributed by atoms with E-state index in [0.29, 0.717) is 10.8 Å². The van der Waals surface area contributed by atoms with E-state index in [-0.39, 0.29) is 23.0 Å². The van der Waals surface area contributed by atoms with Gasteiger partial charge in [-0.15, -0.1) is 0 Å². The van der Waals surface area contributed by atoms with Crippen LogP contribution in [0.2, 0.25) is 0 Å². The maximum absolute atomic E-state index is 13.5. The molecule has 27 heavy (non-hydrogen) atoms. The average Bonchev–Trinajstić information content (AvgIpc) is 2.63. The number of aromatic nitrogens is 2. The lowest BCUT2D eigenvalue weighted by molar-refractivity contribution is -0.387. The van der Waals surface area contributed by atoms with Crippen LogP contribution in [0, 0.1) is 15.9 Å². The van der Waals surface area contributed by atoms with Gasteiger partial charge in [-0.05, 0) is 32.0 Å². The Morgan fingerprint density at radius 3 is 2.52 bits per heavy atom. The molecule has 0 atom stereocenters. The number of rotatable bonds is 4. The van der Waals surface area contributed by atoms with Gasteiger partial charge in [0.2, 0.25) is 5.82 Å². The van der Waals surface area contributed by atoms with Gasteiger partial charge in [0.25, 0.3) is 11.5 Å². The van der Waals surface area contributed by atoms with E-state index < -0.39 is 22.3 Å². The largest absolute Gasteiger partial charge is 0.320 e. The summed E-state index contributed by atoms with van der Waals surface area (Å²) in [5.41, 5.74) is -1.04. The van der Waals surface area contributed by atoms with Crippen molar-refractivity contribution in [3.8, 4) is 0 Å². The molecule has 0 saturated heterocycles. The Kier molecular flexibility index (Phi) is 4.68. The summed E-state index contributed by atoms with van der Waals surface area (Å²) in [6.45, 7) is 3.52. The number of hydrogen-bond acceptors (Lipinski definition) is 5. The molecule has 1 heterocycles. The summed E-state index contributed by atoms with van der Waals surface area (Å²) in [7, 11) is 0. The van der Waals surface area contributed by atoms with Crippen LogP contribution >= 0.6 is 0 Å². The number of amides is 1. The van der Waals surface area contributed by atoms with Gasteiger partial charge in [0.15, 0.2) is 5.69 Å². The summed E-state index contributed by atoms with van der Waals surface area (Å²) in [4.78, 5) is 35.2. The number of nitrogens with one attached hydrogen (secondary N) is 1. The van der Waals surface area contributed by atoms with E-state index in [0.717, 1.165) is 12.1 Å². The molecule has 0 fully saturated rings. The normalized spacial score (nSPS) is 11.0. The van der Waals surface area contributed by atoms with Crippen molar-refractivity contribution in [2.24, 2.45) is 0 Å². The second kappa shape index (κ2) is 6.94. The minimum Gasteiger partial charge on any atom is -0.320 e. The van der Waals surface area contributed by atoms with E-state index in [1.165, 1.54) is 10.7 Å². The van der Waals surface area contributed by atoms with Crippen molar-refractivity contribution in [3.05, 3.63) is 74.4 Å². The van der Waals surface area contributed by atoms with Crippen LogP contribution in [-0.2, 0) is 0 Å². The van der Waals surface area contributed by atoms with E-state index in [1.807, 2.05) is 0 Å². The molecule has 138 valence electrons. The quantitative estimate of drug-likeness (QED) is 0.560. The molecule has 1 aromatic heterocycles. The minimum atomic E-state index is -1.00. The van der Waals surface area contributed by atoms with Crippen molar-refractivity contribution in [2.75, 3.05) is 5.32 Å². The van der Waals surface area contributed by atoms with Crippen molar-refractivity contribution in [3.63, 3.8) is 0 Å². The molecule has 1 amide bonds. The third-order valence-corrected chi connectivity index (χ3v) is 3.93. The molecule has 0 radical (unpaired) electrons. The van der Waals surface area contributed by atoms with Crippen LogP contribution in [0.4, 0.5) is 15.8 Å². The number of nitro groups is 1. The van der Waals surface area contributed by atoms with E-state index in [4.69, 9.17) is 0 Å². The van der Waals surface area contributed by atoms with Crippen LogP contribution in [0.1, 0.15) is 30.4 Å². The summed E-state index contributed by atoms with van der Waals surface area (Å²) in [6.07, 6.45) is 0. The molecule has 0 aliphatic heterocycles. The third-order valence-electron chi connectivity index (χ3n) is 3.93. The highest BCUT2D eigenvalue weighted by atomic mass is 19.1. The van der Waals surface area contributed by atoms with Crippen molar-refractivity contribution in [1.82, 2.24) is 9.78 Å². The smallest absolute Gasteiger partial charge is 0.306 e. The predicted molar refractivity (Wildman–Crippen MR) is 97.4 cm³/mol. The predicted octanol–water partition coefficient (Wildman–Crippen LogP) is 3.28. The monoisotopic (exact) mass is 370 g/mol. The molecule has 2 aromatic carbocycles. The van der Waals surface area contributed by atoms with E-state index in [9.17, 15) is 24.1 Å². The number of hydrogen-bond donors (Lipinski definition) is 1. The van der Waals surface area contributed by atoms with Gasteiger partial charge in [-0.25, -0.2) is 4.68 Å². The fourth-order valence-corrected chi connectivity index (χ4v) is 2.64. The molecule has 0 saturated carbocycles. The van der Waals surface area contributed by atoms with Gasteiger partial charge in [-0.1, -0.05) is 18.2 Å². The molecule has 9 heteroatoms. The third kappa shape index (κ3) is 3.39. The van der Waals surface area contributed by atoms with Gasteiger partial charge in [0, 0.05) is 17.1 Å². The first-order chi connectivity index (χ1) is 12.8. The SMILES string of the molecule is CC(C)n1nc(C(=O)Nc2ccc(F)c([N+](=O)[O-])c2)c2ccccc2c1=O. The number of nitro benzene ring substituents is 1. The summed E-state index contributed by atoms with van der Waals surface area (Å²) in [5.74, 6) is -1.67. The Labute approximate surface area is 152 Å². The van der Waals surface area contributed by atoms with Gasteiger partial charge < -0.3 is 5.32 Å². The molecule has 0 unspecified atom stereocenters. The second-order valence-corrected chi connectivity index (χ2v) is 6.12. The first kappa shape index (κ1) is 18.2. The average molecular weight is 370 g/mol. The molecular weight excluding hydrogens is 355 g/mol. The van der Waals surface area contributed by atoms with Crippen LogP contribution in [0.5, 0.6) is 0 Å². The number of fused-ring (bicyclic) bond motifs is 1. The summed E-state index contributed by atoms with van der Waals surface area (Å²) in [5, 5.41) is 18.2. The summed E-state index contributed by atoms with van der Waals surface area (Å²) < 4.78 is 14.7. The Hall–Kier alpha value is -3.62. The van der Waals surface area contributed by atoms with Crippen LogP contribution in [-0.4, -0.2) is 20.6 Å². The zero-order valence-electron chi connectivity index (χ0n) is 14.5. The maximum atomic E-state index is 13.5. The Morgan fingerprint density at radius 1 is 1.22 bits per heavy atom. The number of carbonyl (C=O) groups is 1. The second-order valence-electron chi connectivity index (χ2n) is 6.12. The van der Waals surface area contributed by atoms with Crippen molar-refractivity contribution in [1.29, 1.82) is 0 Å². The topological polar surface area (TPSA) is 107 Å². The van der Waals surface area contributed by atoms with E-state index in [1.54, 1.807) is 38.1 Å². The van der Waals surface area contributed by atoms with Crippen LogP contribution in [0.25, 0.3) is 10.8 Å². The number of anilines is 1. The van der Waals surface area contributed by atoms with Crippen LogP contribution in [0.15, 0.2) is 47.3 Å². The van der Waals surface area contributed by atoms with Crippen LogP contribution in [0.3, 0.4) is 0 Å². The Morgan fingerprint density at radius 2 is 1.89 bits per heavy atom. The van der Waals surface area contributed by atoms with Gasteiger partial charge in [0.05, 0.1) is 16.4 Å². The first-order valence-electron chi connectivity index (χ1n) is 8.06. The maximum Gasteiger partial charge on any atom is 0.306 e.